The van der Waals surface area contributed by atoms with E-state index in [0.717, 1.165) is 24.9 Å². The Balaban J connectivity index is 2.49. The second kappa shape index (κ2) is 7.95. The number of hydrogen-bond acceptors (Lipinski definition) is 2. The first-order valence-electron chi connectivity index (χ1n) is 7.15. The molecular formula is C16H26N2O. The van der Waals surface area contributed by atoms with Crippen LogP contribution in [0.5, 0.6) is 0 Å². The quantitative estimate of drug-likeness (QED) is 0.792. The minimum Gasteiger partial charge on any atom is -0.327 e. The zero-order valence-corrected chi connectivity index (χ0v) is 12.3. The number of carbonyl (C=O) groups excluding carboxylic acids is 1. The predicted octanol–water partition coefficient (Wildman–Crippen LogP) is 3.34. The first kappa shape index (κ1) is 15.7. The largest absolute Gasteiger partial charge is 0.327 e. The Morgan fingerprint density at radius 2 is 1.89 bits per heavy atom. The molecule has 0 aliphatic heterocycles. The van der Waals surface area contributed by atoms with Gasteiger partial charge in [-0.15, -0.1) is 0 Å². The van der Waals surface area contributed by atoms with Crippen molar-refractivity contribution in [3.8, 4) is 0 Å². The van der Waals surface area contributed by atoms with Crippen LogP contribution in [0.1, 0.15) is 45.6 Å². The van der Waals surface area contributed by atoms with Gasteiger partial charge >= 0.3 is 0 Å². The summed E-state index contributed by atoms with van der Waals surface area (Å²) in [6.07, 6.45) is 3.37. The highest BCUT2D eigenvalue weighted by Crippen LogP contribution is 2.13. The Morgan fingerprint density at radius 1 is 1.26 bits per heavy atom. The second-order valence-corrected chi connectivity index (χ2v) is 5.59. The topological polar surface area (TPSA) is 55.1 Å². The van der Waals surface area contributed by atoms with Crippen LogP contribution in [0.4, 0.5) is 5.69 Å². The monoisotopic (exact) mass is 262 g/mol. The molecule has 3 heteroatoms. The molecule has 0 aliphatic carbocycles. The van der Waals surface area contributed by atoms with Gasteiger partial charge in [0.1, 0.15) is 0 Å². The van der Waals surface area contributed by atoms with Crippen molar-refractivity contribution in [3.05, 3.63) is 29.8 Å². The molecular weight excluding hydrogens is 236 g/mol. The van der Waals surface area contributed by atoms with Crippen LogP contribution in [0.2, 0.25) is 0 Å². The van der Waals surface area contributed by atoms with E-state index in [1.54, 1.807) is 0 Å². The van der Waals surface area contributed by atoms with Crippen molar-refractivity contribution < 1.29 is 4.79 Å². The number of nitrogens with two attached hydrogens (primary N) is 1. The number of amides is 1. The van der Waals surface area contributed by atoms with E-state index in [2.05, 4.69) is 19.2 Å². The van der Waals surface area contributed by atoms with Crippen molar-refractivity contribution in [3.63, 3.8) is 0 Å². The van der Waals surface area contributed by atoms with Gasteiger partial charge in [-0.3, -0.25) is 4.79 Å². The van der Waals surface area contributed by atoms with Crippen LogP contribution in [0.3, 0.4) is 0 Å². The third-order valence-corrected chi connectivity index (χ3v) is 2.99. The van der Waals surface area contributed by atoms with Crippen molar-refractivity contribution in [2.75, 3.05) is 5.32 Å². The third kappa shape index (κ3) is 6.39. The van der Waals surface area contributed by atoms with Crippen LogP contribution in [0, 0.1) is 5.92 Å². The van der Waals surface area contributed by atoms with Crippen molar-refractivity contribution in [2.24, 2.45) is 11.7 Å². The van der Waals surface area contributed by atoms with Gasteiger partial charge in [0.25, 0.3) is 0 Å². The molecule has 106 valence electrons. The van der Waals surface area contributed by atoms with Crippen LogP contribution in [-0.4, -0.2) is 11.9 Å². The summed E-state index contributed by atoms with van der Waals surface area (Å²) >= 11 is 0. The van der Waals surface area contributed by atoms with E-state index in [1.165, 1.54) is 5.56 Å². The fourth-order valence-electron chi connectivity index (χ4n) is 2.17. The summed E-state index contributed by atoms with van der Waals surface area (Å²) in [7, 11) is 0. The molecule has 1 unspecified atom stereocenters. The number of anilines is 1. The fourth-order valence-corrected chi connectivity index (χ4v) is 2.17. The number of rotatable bonds is 7. The van der Waals surface area contributed by atoms with Gasteiger partial charge in [-0.1, -0.05) is 32.9 Å². The van der Waals surface area contributed by atoms with E-state index < -0.39 is 0 Å². The van der Waals surface area contributed by atoms with Crippen LogP contribution < -0.4 is 11.1 Å². The average Bonchev–Trinajstić information content (AvgIpc) is 2.31. The van der Waals surface area contributed by atoms with Crippen molar-refractivity contribution in [2.45, 2.75) is 52.5 Å². The highest BCUT2D eigenvalue weighted by molar-refractivity contribution is 5.90. The normalized spacial score (nSPS) is 12.5. The van der Waals surface area contributed by atoms with Gasteiger partial charge in [0.15, 0.2) is 0 Å². The Morgan fingerprint density at radius 3 is 2.42 bits per heavy atom. The lowest BCUT2D eigenvalue weighted by atomic mass is 9.98. The molecule has 3 nitrogen and oxygen atoms in total. The molecule has 0 fully saturated rings. The minimum atomic E-state index is 0.0757. The number of carbonyl (C=O) groups is 1. The van der Waals surface area contributed by atoms with Gasteiger partial charge < -0.3 is 11.1 Å². The zero-order chi connectivity index (χ0) is 14.3. The molecule has 0 aliphatic rings. The maximum absolute atomic E-state index is 11.5. The van der Waals surface area contributed by atoms with E-state index in [1.807, 2.05) is 31.2 Å². The molecule has 1 atom stereocenters. The SMILES string of the molecule is CCCC(=O)Nc1ccc(CC(N)CC(C)C)cc1. The van der Waals surface area contributed by atoms with Crippen molar-refractivity contribution >= 4 is 11.6 Å². The van der Waals surface area contributed by atoms with Crippen LogP contribution >= 0.6 is 0 Å². The van der Waals surface area contributed by atoms with Crippen LogP contribution in [-0.2, 0) is 11.2 Å². The van der Waals surface area contributed by atoms with E-state index in [0.29, 0.717) is 12.3 Å². The van der Waals surface area contributed by atoms with Crippen molar-refractivity contribution in [1.29, 1.82) is 0 Å². The molecule has 0 saturated heterocycles. The summed E-state index contributed by atoms with van der Waals surface area (Å²) in [6, 6.07) is 8.19. The molecule has 0 heterocycles. The van der Waals surface area contributed by atoms with Crippen LogP contribution in [0.25, 0.3) is 0 Å². The van der Waals surface area contributed by atoms with Crippen LogP contribution in [0.15, 0.2) is 24.3 Å². The lowest BCUT2D eigenvalue weighted by molar-refractivity contribution is -0.116. The predicted molar refractivity (Wildman–Crippen MR) is 81.1 cm³/mol. The highest BCUT2D eigenvalue weighted by atomic mass is 16.1. The Hall–Kier alpha value is -1.35. The summed E-state index contributed by atoms with van der Waals surface area (Å²) in [6.45, 7) is 6.37. The van der Waals surface area contributed by atoms with Gasteiger partial charge in [-0.2, -0.15) is 0 Å². The maximum atomic E-state index is 11.5. The minimum absolute atomic E-state index is 0.0757. The molecule has 0 saturated carbocycles. The molecule has 1 aromatic rings. The third-order valence-electron chi connectivity index (χ3n) is 2.99. The number of nitrogens with one attached hydrogen (secondary N) is 1. The summed E-state index contributed by atoms with van der Waals surface area (Å²) in [4.78, 5) is 11.5. The summed E-state index contributed by atoms with van der Waals surface area (Å²) in [5.74, 6) is 0.703. The van der Waals surface area contributed by atoms with Gasteiger partial charge in [0, 0.05) is 18.2 Å². The summed E-state index contributed by atoms with van der Waals surface area (Å²) < 4.78 is 0. The molecule has 1 rings (SSSR count). The summed E-state index contributed by atoms with van der Waals surface area (Å²) in [5, 5.41) is 2.89. The van der Waals surface area contributed by atoms with Gasteiger partial charge in [0.05, 0.1) is 0 Å². The molecule has 0 spiro atoms. The smallest absolute Gasteiger partial charge is 0.224 e. The number of benzene rings is 1. The molecule has 1 aromatic carbocycles. The van der Waals surface area contributed by atoms with E-state index in [4.69, 9.17) is 5.73 Å². The van der Waals surface area contributed by atoms with E-state index in [-0.39, 0.29) is 11.9 Å². The average molecular weight is 262 g/mol. The first-order valence-corrected chi connectivity index (χ1v) is 7.15. The number of hydrogen-bond donors (Lipinski definition) is 2. The lowest BCUT2D eigenvalue weighted by Gasteiger charge is -2.14. The first-order chi connectivity index (χ1) is 9.01. The van der Waals surface area contributed by atoms with E-state index >= 15 is 0 Å². The lowest BCUT2D eigenvalue weighted by Crippen LogP contribution is -2.24. The van der Waals surface area contributed by atoms with Gasteiger partial charge in [-0.05, 0) is 42.9 Å². The second-order valence-electron chi connectivity index (χ2n) is 5.59. The Labute approximate surface area is 116 Å². The highest BCUT2D eigenvalue weighted by Gasteiger charge is 2.07. The molecule has 3 N–H and O–H groups in total. The van der Waals surface area contributed by atoms with Gasteiger partial charge in [-0.25, -0.2) is 0 Å². The van der Waals surface area contributed by atoms with Gasteiger partial charge in [0.2, 0.25) is 5.91 Å². The zero-order valence-electron chi connectivity index (χ0n) is 12.3. The molecule has 0 bridgehead atoms. The molecule has 0 aromatic heterocycles. The molecule has 0 radical (unpaired) electrons. The summed E-state index contributed by atoms with van der Waals surface area (Å²) in [5.41, 5.74) is 8.18. The van der Waals surface area contributed by atoms with E-state index in [9.17, 15) is 4.79 Å². The molecule has 1 amide bonds. The fraction of sp³-hybridized carbons (Fsp3) is 0.562. The molecule has 19 heavy (non-hydrogen) atoms. The van der Waals surface area contributed by atoms with Crippen molar-refractivity contribution in [1.82, 2.24) is 0 Å². The maximum Gasteiger partial charge on any atom is 0.224 e. The Kier molecular flexibility index (Phi) is 6.57. The standard InChI is InChI=1S/C16H26N2O/c1-4-5-16(19)18-15-8-6-13(7-9-15)11-14(17)10-12(2)3/h6-9,12,14H,4-5,10-11,17H2,1-3H3,(H,18,19). The Bertz CT molecular complexity index is 384.